The summed E-state index contributed by atoms with van der Waals surface area (Å²) in [6.45, 7) is 4.28. The number of sulfonamides is 1. The Morgan fingerprint density at radius 1 is 1.24 bits per heavy atom. The molecule has 1 aromatic carbocycles. The first-order valence-corrected chi connectivity index (χ1v) is 10.3. The van der Waals surface area contributed by atoms with Gasteiger partial charge in [0.25, 0.3) is 0 Å². The van der Waals surface area contributed by atoms with Gasteiger partial charge in [0.05, 0.1) is 17.4 Å². The van der Waals surface area contributed by atoms with E-state index in [1.54, 1.807) is 18.2 Å². The topological polar surface area (TPSA) is 66.9 Å². The molecule has 0 aliphatic carbocycles. The first-order chi connectivity index (χ1) is 11.9. The number of benzene rings is 1. The van der Waals surface area contributed by atoms with Crippen molar-refractivity contribution < 1.29 is 17.9 Å². The van der Waals surface area contributed by atoms with Gasteiger partial charge in [0, 0.05) is 32.2 Å². The molecule has 1 aromatic rings. The van der Waals surface area contributed by atoms with Gasteiger partial charge in [0.15, 0.2) is 0 Å². The molecule has 2 saturated heterocycles. The summed E-state index contributed by atoms with van der Waals surface area (Å²) < 4.78 is 32.6. The van der Waals surface area contributed by atoms with Gasteiger partial charge in [-0.25, -0.2) is 8.42 Å². The molecule has 6 nitrogen and oxygen atoms in total. The molecule has 2 heterocycles. The van der Waals surface area contributed by atoms with E-state index in [-0.39, 0.29) is 17.3 Å². The van der Waals surface area contributed by atoms with Crippen molar-refractivity contribution in [3.63, 3.8) is 0 Å². The molecule has 2 aliphatic heterocycles. The van der Waals surface area contributed by atoms with Gasteiger partial charge in [-0.05, 0) is 37.8 Å². The minimum Gasteiger partial charge on any atom is -0.497 e. The summed E-state index contributed by atoms with van der Waals surface area (Å²) in [5.41, 5.74) is -0.542. The molecule has 1 amide bonds. The molecule has 0 radical (unpaired) electrons. The second kappa shape index (κ2) is 6.96. The van der Waals surface area contributed by atoms with Gasteiger partial charge in [-0.2, -0.15) is 4.31 Å². The van der Waals surface area contributed by atoms with E-state index >= 15 is 0 Å². The summed E-state index contributed by atoms with van der Waals surface area (Å²) in [5.74, 6) is 0.641. The number of methoxy groups -OCH3 is 1. The Balaban J connectivity index is 1.83. The molecule has 1 spiro atoms. The minimum atomic E-state index is -3.62. The smallest absolute Gasteiger partial charge is 0.243 e. The Hall–Kier alpha value is -1.60. The third kappa shape index (κ3) is 3.27. The van der Waals surface area contributed by atoms with Crippen LogP contribution in [0.1, 0.15) is 32.6 Å². The standard InChI is InChI=1S/C18H26N2O4S/c1-3-10-19-11-5-8-18(17(19)21)9-12-20(14-18)25(22,23)16-7-4-6-15(13-16)24-2/h4,6-7,13H,3,5,8-12,14H2,1-2H3. The van der Waals surface area contributed by atoms with Crippen LogP contribution in [0.15, 0.2) is 29.2 Å². The largest absolute Gasteiger partial charge is 0.497 e. The number of nitrogens with zero attached hydrogens (tertiary/aromatic N) is 2. The van der Waals surface area contributed by atoms with Crippen LogP contribution in [0, 0.1) is 5.41 Å². The van der Waals surface area contributed by atoms with Gasteiger partial charge in [-0.1, -0.05) is 13.0 Å². The van der Waals surface area contributed by atoms with Crippen molar-refractivity contribution in [2.45, 2.75) is 37.5 Å². The van der Waals surface area contributed by atoms with Gasteiger partial charge in [0.1, 0.15) is 5.75 Å². The Morgan fingerprint density at radius 3 is 2.76 bits per heavy atom. The predicted molar refractivity (Wildman–Crippen MR) is 94.9 cm³/mol. The van der Waals surface area contributed by atoms with Crippen molar-refractivity contribution in [2.75, 3.05) is 33.3 Å². The van der Waals surface area contributed by atoms with Crippen molar-refractivity contribution in [2.24, 2.45) is 5.41 Å². The molecular weight excluding hydrogens is 340 g/mol. The zero-order valence-electron chi connectivity index (χ0n) is 14.9. The molecule has 0 saturated carbocycles. The number of likely N-dealkylation sites (tertiary alicyclic amines) is 1. The summed E-state index contributed by atoms with van der Waals surface area (Å²) in [6, 6.07) is 6.51. The molecule has 1 atom stereocenters. The van der Waals surface area contributed by atoms with E-state index < -0.39 is 15.4 Å². The average Bonchev–Trinajstić information content (AvgIpc) is 3.05. The quantitative estimate of drug-likeness (QED) is 0.800. The fourth-order valence-electron chi connectivity index (χ4n) is 3.96. The summed E-state index contributed by atoms with van der Waals surface area (Å²) >= 11 is 0. The lowest BCUT2D eigenvalue weighted by molar-refractivity contribution is -0.145. The third-order valence-electron chi connectivity index (χ3n) is 5.32. The fraction of sp³-hybridized carbons (Fsp3) is 0.611. The van der Waals surface area contributed by atoms with Gasteiger partial charge in [-0.15, -0.1) is 0 Å². The predicted octanol–water partition coefficient (Wildman–Crippen LogP) is 2.11. The summed E-state index contributed by atoms with van der Waals surface area (Å²) in [6.07, 6.45) is 3.25. The third-order valence-corrected chi connectivity index (χ3v) is 7.16. The number of hydrogen-bond donors (Lipinski definition) is 0. The van der Waals surface area contributed by atoms with Gasteiger partial charge in [0.2, 0.25) is 15.9 Å². The maximum atomic E-state index is 13.0. The van der Waals surface area contributed by atoms with Crippen molar-refractivity contribution in [1.82, 2.24) is 9.21 Å². The molecule has 2 aliphatic rings. The van der Waals surface area contributed by atoms with E-state index in [1.165, 1.54) is 17.5 Å². The first-order valence-electron chi connectivity index (χ1n) is 8.86. The van der Waals surface area contributed by atoms with Crippen molar-refractivity contribution in [1.29, 1.82) is 0 Å². The van der Waals surface area contributed by atoms with Gasteiger partial charge < -0.3 is 9.64 Å². The zero-order valence-corrected chi connectivity index (χ0v) is 15.7. The second-order valence-electron chi connectivity index (χ2n) is 6.94. The van der Waals surface area contributed by atoms with E-state index in [0.29, 0.717) is 18.7 Å². The lowest BCUT2D eigenvalue weighted by Gasteiger charge is -2.39. The number of hydrogen-bond acceptors (Lipinski definition) is 4. The number of ether oxygens (including phenoxy) is 1. The molecule has 3 rings (SSSR count). The highest BCUT2D eigenvalue weighted by molar-refractivity contribution is 7.89. The number of rotatable bonds is 5. The van der Waals surface area contributed by atoms with E-state index in [2.05, 4.69) is 6.92 Å². The van der Waals surface area contributed by atoms with E-state index in [4.69, 9.17) is 4.74 Å². The zero-order chi connectivity index (χ0) is 18.1. The van der Waals surface area contributed by atoms with Crippen LogP contribution in [-0.4, -0.2) is 56.8 Å². The lowest BCUT2D eigenvalue weighted by Crippen LogP contribution is -2.50. The summed E-state index contributed by atoms with van der Waals surface area (Å²) in [7, 11) is -2.10. The van der Waals surface area contributed by atoms with Crippen LogP contribution >= 0.6 is 0 Å². The highest BCUT2D eigenvalue weighted by Gasteiger charge is 2.50. The minimum absolute atomic E-state index is 0.129. The molecule has 25 heavy (non-hydrogen) atoms. The Kier molecular flexibility index (Phi) is 5.06. The summed E-state index contributed by atoms with van der Waals surface area (Å²) in [4.78, 5) is 15.1. The molecule has 1 unspecified atom stereocenters. The Morgan fingerprint density at radius 2 is 2.04 bits per heavy atom. The highest BCUT2D eigenvalue weighted by atomic mass is 32.2. The Labute approximate surface area is 149 Å². The molecule has 0 N–H and O–H groups in total. The Bertz CT molecular complexity index is 747. The van der Waals surface area contributed by atoms with E-state index in [1.807, 2.05) is 4.90 Å². The molecule has 0 aromatic heterocycles. The van der Waals surface area contributed by atoms with Crippen LogP contribution in [0.5, 0.6) is 5.75 Å². The first kappa shape index (κ1) is 18.2. The molecule has 2 fully saturated rings. The average molecular weight is 366 g/mol. The molecule has 138 valence electrons. The number of piperidine rings is 1. The van der Waals surface area contributed by atoms with Crippen LogP contribution in [0.2, 0.25) is 0 Å². The number of carbonyl (C=O) groups excluding carboxylic acids is 1. The SMILES string of the molecule is CCCN1CCCC2(CCN(S(=O)(=O)c3cccc(OC)c3)C2)C1=O. The van der Waals surface area contributed by atoms with Gasteiger partial charge >= 0.3 is 0 Å². The molecular formula is C18H26N2O4S. The maximum absolute atomic E-state index is 13.0. The van der Waals surface area contributed by atoms with Crippen LogP contribution in [-0.2, 0) is 14.8 Å². The van der Waals surface area contributed by atoms with Crippen LogP contribution in [0.25, 0.3) is 0 Å². The van der Waals surface area contributed by atoms with Crippen LogP contribution in [0.4, 0.5) is 0 Å². The molecule has 0 bridgehead atoms. The number of carbonyl (C=O) groups is 1. The lowest BCUT2D eigenvalue weighted by atomic mass is 9.78. The van der Waals surface area contributed by atoms with Crippen molar-refractivity contribution in [3.05, 3.63) is 24.3 Å². The maximum Gasteiger partial charge on any atom is 0.243 e. The van der Waals surface area contributed by atoms with Crippen LogP contribution < -0.4 is 4.74 Å². The van der Waals surface area contributed by atoms with Crippen molar-refractivity contribution in [3.8, 4) is 5.75 Å². The monoisotopic (exact) mass is 366 g/mol. The summed E-state index contributed by atoms with van der Waals surface area (Å²) in [5, 5.41) is 0. The van der Waals surface area contributed by atoms with Crippen LogP contribution in [0.3, 0.4) is 0 Å². The van der Waals surface area contributed by atoms with E-state index in [9.17, 15) is 13.2 Å². The normalized spacial score (nSPS) is 24.9. The highest BCUT2D eigenvalue weighted by Crippen LogP contribution is 2.42. The second-order valence-corrected chi connectivity index (χ2v) is 8.88. The van der Waals surface area contributed by atoms with Crippen molar-refractivity contribution >= 4 is 15.9 Å². The molecule has 7 heteroatoms. The fourth-order valence-corrected chi connectivity index (χ4v) is 5.53. The van der Waals surface area contributed by atoms with E-state index in [0.717, 1.165) is 32.4 Å². The van der Waals surface area contributed by atoms with Gasteiger partial charge in [-0.3, -0.25) is 4.79 Å². The number of amides is 1.